The minimum absolute atomic E-state index is 0.555. The maximum absolute atomic E-state index is 5.97. The van der Waals surface area contributed by atoms with Crippen LogP contribution in [0.1, 0.15) is 5.76 Å². The second-order valence-corrected chi connectivity index (χ2v) is 5.04. The first-order valence-electron chi connectivity index (χ1n) is 5.67. The van der Waals surface area contributed by atoms with Crippen LogP contribution in [-0.2, 0) is 0 Å². The fourth-order valence-electron chi connectivity index (χ4n) is 1.76. The fourth-order valence-corrected chi connectivity index (χ4v) is 2.00. The Morgan fingerprint density at radius 1 is 1.26 bits per heavy atom. The lowest BCUT2D eigenvalue weighted by Gasteiger charge is -1.99. The number of nitrogen functional groups attached to an aromatic ring is 1. The van der Waals surface area contributed by atoms with Crippen molar-refractivity contribution in [3.8, 4) is 17.3 Å². The summed E-state index contributed by atoms with van der Waals surface area (Å²) in [6.45, 7) is 1.88. The van der Waals surface area contributed by atoms with Crippen LogP contribution < -0.4 is 5.73 Å². The standard InChI is InChI=1S/C13H11BrN4O/c1-8-2-4-11(19-8)13-10(15)7-18(17-13)12-5-3-9(14)6-16-12/h2-7H,15H2,1H3. The quantitative estimate of drug-likeness (QED) is 0.787. The number of nitrogens with two attached hydrogens (primary N) is 1. The Kier molecular flexibility index (Phi) is 2.87. The molecule has 0 spiro atoms. The van der Waals surface area contributed by atoms with E-state index < -0.39 is 0 Å². The van der Waals surface area contributed by atoms with E-state index in [4.69, 9.17) is 10.2 Å². The van der Waals surface area contributed by atoms with Gasteiger partial charge in [-0.25, -0.2) is 9.67 Å². The maximum Gasteiger partial charge on any atom is 0.156 e. The van der Waals surface area contributed by atoms with Gasteiger partial charge >= 0.3 is 0 Å². The third-order valence-corrected chi connectivity index (χ3v) is 3.13. The Balaban J connectivity index is 2.04. The number of pyridine rings is 1. The number of hydrogen-bond acceptors (Lipinski definition) is 4. The molecule has 19 heavy (non-hydrogen) atoms. The molecule has 0 unspecified atom stereocenters. The Morgan fingerprint density at radius 2 is 2.11 bits per heavy atom. The highest BCUT2D eigenvalue weighted by Crippen LogP contribution is 2.26. The molecule has 0 aliphatic heterocycles. The van der Waals surface area contributed by atoms with E-state index in [0.29, 0.717) is 23.0 Å². The highest BCUT2D eigenvalue weighted by molar-refractivity contribution is 9.10. The average Bonchev–Trinajstić information content (AvgIpc) is 2.96. The number of rotatable bonds is 2. The number of aryl methyl sites for hydroxylation is 1. The molecule has 0 aliphatic carbocycles. The third kappa shape index (κ3) is 2.26. The molecule has 6 heteroatoms. The molecule has 3 aromatic rings. The molecular weight excluding hydrogens is 308 g/mol. The SMILES string of the molecule is Cc1ccc(-c2nn(-c3ccc(Br)cn3)cc2N)o1. The molecule has 0 atom stereocenters. The molecule has 5 nitrogen and oxygen atoms in total. The van der Waals surface area contributed by atoms with Gasteiger partial charge in [-0.05, 0) is 47.1 Å². The molecule has 0 radical (unpaired) electrons. The summed E-state index contributed by atoms with van der Waals surface area (Å²) in [5.74, 6) is 2.18. The zero-order chi connectivity index (χ0) is 13.4. The predicted molar refractivity (Wildman–Crippen MR) is 75.9 cm³/mol. The molecule has 0 fully saturated rings. The number of halogens is 1. The molecule has 96 valence electrons. The summed E-state index contributed by atoms with van der Waals surface area (Å²) in [4.78, 5) is 4.27. The normalized spacial score (nSPS) is 10.8. The number of anilines is 1. The largest absolute Gasteiger partial charge is 0.460 e. The lowest BCUT2D eigenvalue weighted by Crippen LogP contribution is -1.97. The number of nitrogens with zero attached hydrogens (tertiary/aromatic N) is 3. The van der Waals surface area contributed by atoms with Crippen LogP contribution >= 0.6 is 15.9 Å². The van der Waals surface area contributed by atoms with E-state index in [2.05, 4.69) is 26.0 Å². The summed E-state index contributed by atoms with van der Waals surface area (Å²) in [5, 5.41) is 4.41. The van der Waals surface area contributed by atoms with E-state index in [9.17, 15) is 0 Å². The first kappa shape index (κ1) is 12.0. The highest BCUT2D eigenvalue weighted by Gasteiger charge is 2.13. The van der Waals surface area contributed by atoms with Crippen LogP contribution in [0.4, 0.5) is 5.69 Å². The van der Waals surface area contributed by atoms with Gasteiger partial charge in [0.05, 0.1) is 11.9 Å². The molecule has 2 N–H and O–H groups in total. The molecule has 0 saturated heterocycles. The van der Waals surface area contributed by atoms with Crippen LogP contribution in [0.3, 0.4) is 0 Å². The predicted octanol–water partition coefficient (Wildman–Crippen LogP) is 3.18. The lowest BCUT2D eigenvalue weighted by molar-refractivity contribution is 0.546. The van der Waals surface area contributed by atoms with Crippen LogP contribution in [0.5, 0.6) is 0 Å². The minimum atomic E-state index is 0.555. The van der Waals surface area contributed by atoms with Gasteiger partial charge in [0.2, 0.25) is 0 Å². The molecule has 0 amide bonds. The molecule has 0 aromatic carbocycles. The van der Waals surface area contributed by atoms with Gasteiger partial charge in [0.15, 0.2) is 17.3 Å². The Hall–Kier alpha value is -2.08. The second-order valence-electron chi connectivity index (χ2n) is 4.12. The number of aromatic nitrogens is 3. The van der Waals surface area contributed by atoms with Gasteiger partial charge in [0.1, 0.15) is 5.76 Å². The van der Waals surface area contributed by atoms with Crippen molar-refractivity contribution in [3.63, 3.8) is 0 Å². The van der Waals surface area contributed by atoms with E-state index in [0.717, 1.165) is 10.2 Å². The van der Waals surface area contributed by atoms with E-state index in [-0.39, 0.29) is 0 Å². The summed E-state index contributed by atoms with van der Waals surface area (Å²) in [6.07, 6.45) is 3.44. The fraction of sp³-hybridized carbons (Fsp3) is 0.0769. The first-order chi connectivity index (χ1) is 9.13. The van der Waals surface area contributed by atoms with E-state index in [1.54, 1.807) is 17.1 Å². The summed E-state index contributed by atoms with van der Waals surface area (Å²) in [5.41, 5.74) is 7.15. The zero-order valence-electron chi connectivity index (χ0n) is 10.2. The van der Waals surface area contributed by atoms with Crippen LogP contribution in [0.15, 0.2) is 45.5 Å². The Bertz CT molecular complexity index is 715. The topological polar surface area (TPSA) is 69.9 Å². The van der Waals surface area contributed by atoms with Crippen molar-refractivity contribution in [2.45, 2.75) is 6.92 Å². The third-order valence-electron chi connectivity index (χ3n) is 2.66. The average molecular weight is 319 g/mol. The summed E-state index contributed by atoms with van der Waals surface area (Å²) in [6, 6.07) is 7.49. The minimum Gasteiger partial charge on any atom is -0.460 e. The van der Waals surface area contributed by atoms with Crippen molar-refractivity contribution in [2.75, 3.05) is 5.73 Å². The zero-order valence-corrected chi connectivity index (χ0v) is 11.8. The van der Waals surface area contributed by atoms with E-state index >= 15 is 0 Å². The number of furan rings is 1. The van der Waals surface area contributed by atoms with Crippen molar-refractivity contribution < 1.29 is 4.42 Å². The Morgan fingerprint density at radius 3 is 2.74 bits per heavy atom. The Labute approximate surface area is 118 Å². The second kappa shape index (κ2) is 4.55. The van der Waals surface area contributed by atoms with Crippen molar-refractivity contribution in [1.82, 2.24) is 14.8 Å². The molecule has 3 heterocycles. The molecule has 0 aliphatic rings. The van der Waals surface area contributed by atoms with Crippen molar-refractivity contribution >= 4 is 21.6 Å². The van der Waals surface area contributed by atoms with Crippen molar-refractivity contribution in [3.05, 3.63) is 46.9 Å². The van der Waals surface area contributed by atoms with Gasteiger partial charge in [0.25, 0.3) is 0 Å². The van der Waals surface area contributed by atoms with Crippen LogP contribution in [0.25, 0.3) is 17.3 Å². The van der Waals surface area contributed by atoms with E-state index in [1.807, 2.05) is 31.2 Å². The van der Waals surface area contributed by atoms with Crippen molar-refractivity contribution in [2.24, 2.45) is 0 Å². The molecule has 3 aromatic heterocycles. The van der Waals surface area contributed by atoms with Gasteiger partial charge in [-0.3, -0.25) is 0 Å². The van der Waals surface area contributed by atoms with Gasteiger partial charge in [-0.15, -0.1) is 0 Å². The van der Waals surface area contributed by atoms with Crippen molar-refractivity contribution in [1.29, 1.82) is 0 Å². The van der Waals surface area contributed by atoms with Gasteiger partial charge < -0.3 is 10.2 Å². The first-order valence-corrected chi connectivity index (χ1v) is 6.46. The summed E-state index contributed by atoms with van der Waals surface area (Å²) in [7, 11) is 0. The monoisotopic (exact) mass is 318 g/mol. The van der Waals surface area contributed by atoms with Gasteiger partial charge in [-0.1, -0.05) is 0 Å². The summed E-state index contributed by atoms with van der Waals surface area (Å²) >= 11 is 3.35. The van der Waals surface area contributed by atoms with Gasteiger partial charge in [-0.2, -0.15) is 5.10 Å². The highest BCUT2D eigenvalue weighted by atomic mass is 79.9. The van der Waals surface area contributed by atoms with Crippen LogP contribution in [0, 0.1) is 6.92 Å². The van der Waals surface area contributed by atoms with Crippen LogP contribution in [-0.4, -0.2) is 14.8 Å². The molecular formula is C13H11BrN4O. The smallest absolute Gasteiger partial charge is 0.156 e. The maximum atomic E-state index is 5.97. The van der Waals surface area contributed by atoms with Crippen LogP contribution in [0.2, 0.25) is 0 Å². The molecule has 0 bridgehead atoms. The molecule has 3 rings (SSSR count). The van der Waals surface area contributed by atoms with Gasteiger partial charge in [0, 0.05) is 10.7 Å². The van der Waals surface area contributed by atoms with E-state index in [1.165, 1.54) is 0 Å². The molecule has 0 saturated carbocycles. The number of hydrogen-bond donors (Lipinski definition) is 1. The lowest BCUT2D eigenvalue weighted by atomic mass is 10.3. The summed E-state index contributed by atoms with van der Waals surface area (Å²) < 4.78 is 8.08.